The molecule has 2 unspecified atom stereocenters. The normalized spacial score (nSPS) is 31.0. The third-order valence-corrected chi connectivity index (χ3v) is 4.29. The average molecular weight is 226 g/mol. The van der Waals surface area contributed by atoms with Gasteiger partial charge in [-0.1, -0.05) is 6.42 Å². The van der Waals surface area contributed by atoms with Crippen molar-refractivity contribution in [2.45, 2.75) is 38.7 Å². The quantitative estimate of drug-likeness (QED) is 0.821. The van der Waals surface area contributed by atoms with Crippen molar-refractivity contribution >= 4 is 11.3 Å². The molecule has 0 spiro atoms. The van der Waals surface area contributed by atoms with Crippen molar-refractivity contribution in [3.05, 3.63) is 16.1 Å². The van der Waals surface area contributed by atoms with Gasteiger partial charge in [0.25, 0.3) is 0 Å². The third-order valence-electron chi connectivity index (χ3n) is 3.47. The van der Waals surface area contributed by atoms with Crippen molar-refractivity contribution in [3.8, 4) is 0 Å². The van der Waals surface area contributed by atoms with Crippen molar-refractivity contribution in [3.63, 3.8) is 0 Å². The molecule has 2 atom stereocenters. The zero-order valence-corrected chi connectivity index (χ0v) is 9.89. The Bertz CT molecular complexity index is 339. The van der Waals surface area contributed by atoms with Crippen LogP contribution in [0.25, 0.3) is 0 Å². The number of aromatic nitrogens is 1. The first kappa shape index (κ1) is 11.0. The summed E-state index contributed by atoms with van der Waals surface area (Å²) in [5.41, 5.74) is 6.81. The van der Waals surface area contributed by atoms with E-state index in [4.69, 9.17) is 5.73 Å². The Balaban J connectivity index is 2.14. The number of hydrogen-bond donors (Lipinski definition) is 2. The SMILES string of the molecule is Cc1nc(CC2(CN)CCCC2O)cs1. The maximum absolute atomic E-state index is 10.0. The van der Waals surface area contributed by atoms with Crippen LogP contribution in [0.4, 0.5) is 0 Å². The topological polar surface area (TPSA) is 59.1 Å². The van der Waals surface area contributed by atoms with E-state index in [-0.39, 0.29) is 11.5 Å². The molecule has 1 aromatic rings. The molecule has 1 saturated carbocycles. The Morgan fingerprint density at radius 2 is 2.53 bits per heavy atom. The van der Waals surface area contributed by atoms with Gasteiger partial charge < -0.3 is 10.8 Å². The lowest BCUT2D eigenvalue weighted by Gasteiger charge is -2.30. The first-order valence-corrected chi connectivity index (χ1v) is 6.33. The van der Waals surface area contributed by atoms with E-state index < -0.39 is 0 Å². The molecule has 1 aromatic heterocycles. The largest absolute Gasteiger partial charge is 0.392 e. The van der Waals surface area contributed by atoms with E-state index in [1.807, 2.05) is 6.92 Å². The Morgan fingerprint density at radius 3 is 3.00 bits per heavy atom. The molecule has 3 N–H and O–H groups in total. The van der Waals surface area contributed by atoms with Gasteiger partial charge in [-0.3, -0.25) is 0 Å². The molecule has 2 rings (SSSR count). The predicted molar refractivity (Wildman–Crippen MR) is 61.9 cm³/mol. The van der Waals surface area contributed by atoms with E-state index in [0.717, 1.165) is 36.4 Å². The number of thiazole rings is 1. The molecular formula is C11H18N2OS. The molecule has 4 heteroatoms. The molecule has 15 heavy (non-hydrogen) atoms. The van der Waals surface area contributed by atoms with E-state index in [1.54, 1.807) is 11.3 Å². The Hall–Kier alpha value is -0.450. The smallest absolute Gasteiger partial charge is 0.0897 e. The summed E-state index contributed by atoms with van der Waals surface area (Å²) in [6, 6.07) is 0. The number of aliphatic hydroxyl groups is 1. The summed E-state index contributed by atoms with van der Waals surface area (Å²) in [4.78, 5) is 4.45. The van der Waals surface area contributed by atoms with Crippen LogP contribution < -0.4 is 5.73 Å². The van der Waals surface area contributed by atoms with Crippen LogP contribution >= 0.6 is 11.3 Å². The summed E-state index contributed by atoms with van der Waals surface area (Å²) in [6.45, 7) is 2.57. The van der Waals surface area contributed by atoms with Crippen molar-refractivity contribution in [2.24, 2.45) is 11.1 Å². The minimum absolute atomic E-state index is 0.111. The van der Waals surface area contributed by atoms with Crippen molar-refractivity contribution in [1.29, 1.82) is 0 Å². The summed E-state index contributed by atoms with van der Waals surface area (Å²) in [5.74, 6) is 0. The van der Waals surface area contributed by atoms with E-state index in [0.29, 0.717) is 6.54 Å². The second-order valence-corrected chi connectivity index (χ2v) is 5.57. The second-order valence-electron chi connectivity index (χ2n) is 4.51. The van der Waals surface area contributed by atoms with Gasteiger partial charge in [0.1, 0.15) is 0 Å². The van der Waals surface area contributed by atoms with Crippen LogP contribution in [0.5, 0.6) is 0 Å². The van der Waals surface area contributed by atoms with E-state index >= 15 is 0 Å². The monoisotopic (exact) mass is 226 g/mol. The number of nitrogens with zero attached hydrogens (tertiary/aromatic N) is 1. The lowest BCUT2D eigenvalue weighted by atomic mass is 9.80. The number of hydrogen-bond acceptors (Lipinski definition) is 4. The summed E-state index contributed by atoms with van der Waals surface area (Å²) in [5, 5.41) is 13.2. The molecule has 0 amide bonds. The van der Waals surface area contributed by atoms with Crippen LogP contribution in [0.1, 0.15) is 30.0 Å². The third kappa shape index (κ3) is 2.07. The first-order chi connectivity index (χ1) is 7.16. The van der Waals surface area contributed by atoms with Crippen LogP contribution in [-0.4, -0.2) is 22.7 Å². The molecule has 0 aromatic carbocycles. The molecule has 0 saturated heterocycles. The highest BCUT2D eigenvalue weighted by molar-refractivity contribution is 7.09. The molecule has 84 valence electrons. The van der Waals surface area contributed by atoms with Gasteiger partial charge in [-0.15, -0.1) is 11.3 Å². The zero-order chi connectivity index (χ0) is 10.9. The molecule has 0 aliphatic heterocycles. The van der Waals surface area contributed by atoms with Crippen LogP contribution in [0.2, 0.25) is 0 Å². The van der Waals surface area contributed by atoms with Gasteiger partial charge in [0, 0.05) is 17.3 Å². The van der Waals surface area contributed by atoms with Crippen molar-refractivity contribution in [2.75, 3.05) is 6.54 Å². The minimum atomic E-state index is -0.246. The maximum Gasteiger partial charge on any atom is 0.0897 e. The van der Waals surface area contributed by atoms with E-state index in [2.05, 4.69) is 10.4 Å². The fourth-order valence-corrected chi connectivity index (χ4v) is 3.10. The van der Waals surface area contributed by atoms with Crippen molar-refractivity contribution < 1.29 is 5.11 Å². The Labute approximate surface area is 94.3 Å². The van der Waals surface area contributed by atoms with Gasteiger partial charge in [-0.2, -0.15) is 0 Å². The van der Waals surface area contributed by atoms with Crippen LogP contribution in [0.15, 0.2) is 5.38 Å². The van der Waals surface area contributed by atoms with Gasteiger partial charge in [0.2, 0.25) is 0 Å². The first-order valence-electron chi connectivity index (χ1n) is 5.45. The highest BCUT2D eigenvalue weighted by Crippen LogP contribution is 2.40. The van der Waals surface area contributed by atoms with E-state index in [1.165, 1.54) is 0 Å². The molecule has 0 bridgehead atoms. The zero-order valence-electron chi connectivity index (χ0n) is 9.07. The second kappa shape index (κ2) is 4.20. The Morgan fingerprint density at radius 1 is 1.73 bits per heavy atom. The van der Waals surface area contributed by atoms with Gasteiger partial charge in [0.05, 0.1) is 16.8 Å². The van der Waals surface area contributed by atoms with Crippen LogP contribution in [-0.2, 0) is 6.42 Å². The number of aryl methyl sites for hydroxylation is 1. The molecule has 1 heterocycles. The molecular weight excluding hydrogens is 208 g/mol. The standard InChI is InChI=1S/C11H18N2OS/c1-8-13-9(6-15-8)5-11(7-12)4-2-3-10(11)14/h6,10,14H,2-5,7,12H2,1H3. The van der Waals surface area contributed by atoms with Gasteiger partial charge in [-0.25, -0.2) is 4.98 Å². The Kier molecular flexibility index (Phi) is 3.09. The van der Waals surface area contributed by atoms with E-state index in [9.17, 15) is 5.11 Å². The molecule has 1 fully saturated rings. The summed E-state index contributed by atoms with van der Waals surface area (Å²) in [7, 11) is 0. The highest BCUT2D eigenvalue weighted by atomic mass is 32.1. The number of rotatable bonds is 3. The van der Waals surface area contributed by atoms with Gasteiger partial charge in [0.15, 0.2) is 0 Å². The predicted octanol–water partition coefficient (Wildman–Crippen LogP) is 1.48. The van der Waals surface area contributed by atoms with Crippen LogP contribution in [0, 0.1) is 12.3 Å². The number of nitrogens with two attached hydrogens (primary N) is 1. The fourth-order valence-electron chi connectivity index (χ4n) is 2.49. The summed E-state index contributed by atoms with van der Waals surface area (Å²) >= 11 is 1.66. The molecule has 1 aliphatic carbocycles. The summed E-state index contributed by atoms with van der Waals surface area (Å²) < 4.78 is 0. The maximum atomic E-state index is 10.0. The highest BCUT2D eigenvalue weighted by Gasteiger charge is 2.41. The molecule has 1 aliphatic rings. The molecule has 3 nitrogen and oxygen atoms in total. The van der Waals surface area contributed by atoms with Crippen LogP contribution in [0.3, 0.4) is 0 Å². The van der Waals surface area contributed by atoms with Gasteiger partial charge in [-0.05, 0) is 26.2 Å². The summed E-state index contributed by atoms with van der Waals surface area (Å²) in [6.07, 6.45) is 3.59. The lowest BCUT2D eigenvalue weighted by Crippen LogP contribution is -2.39. The van der Waals surface area contributed by atoms with Gasteiger partial charge >= 0.3 is 0 Å². The average Bonchev–Trinajstić information content (AvgIpc) is 2.76. The molecule has 0 radical (unpaired) electrons. The fraction of sp³-hybridized carbons (Fsp3) is 0.727. The minimum Gasteiger partial charge on any atom is -0.392 e. The lowest BCUT2D eigenvalue weighted by molar-refractivity contribution is 0.0582. The number of aliphatic hydroxyl groups excluding tert-OH is 1. The van der Waals surface area contributed by atoms with Crippen molar-refractivity contribution in [1.82, 2.24) is 4.98 Å².